The monoisotopic (exact) mass is 227 g/mol. The third-order valence-electron chi connectivity index (χ3n) is 1.86. The zero-order valence-electron chi connectivity index (χ0n) is 9.79. The van der Waals surface area contributed by atoms with Gasteiger partial charge < -0.3 is 5.32 Å². The Hall–Kier alpha value is -0.970. The van der Waals surface area contributed by atoms with Crippen molar-refractivity contribution in [3.8, 4) is 0 Å². The summed E-state index contributed by atoms with van der Waals surface area (Å²) in [6.07, 6.45) is 0. The first-order valence-corrected chi connectivity index (χ1v) is 5.73. The number of rotatable bonds is 2. The summed E-state index contributed by atoms with van der Waals surface area (Å²) in [4.78, 5) is 15.9. The van der Waals surface area contributed by atoms with Crippen molar-refractivity contribution in [3.05, 3.63) is 5.82 Å². The van der Waals surface area contributed by atoms with Gasteiger partial charge in [-0.05, 0) is 0 Å². The SMILES string of the molecule is CC(C)c1nsc(NC(=O)C(C)(C)C)n1. The van der Waals surface area contributed by atoms with E-state index >= 15 is 0 Å². The standard InChI is InChI=1S/C10H17N3OS/c1-6(2)7-11-9(15-13-7)12-8(14)10(3,4)5/h6H,1-5H3,(H,11,12,13,14). The molecule has 1 rings (SSSR count). The molecule has 1 N–H and O–H groups in total. The van der Waals surface area contributed by atoms with Crippen molar-refractivity contribution in [2.45, 2.75) is 40.5 Å². The van der Waals surface area contributed by atoms with Crippen molar-refractivity contribution in [2.24, 2.45) is 5.41 Å². The number of anilines is 1. The van der Waals surface area contributed by atoms with E-state index in [1.165, 1.54) is 11.5 Å². The van der Waals surface area contributed by atoms with E-state index in [-0.39, 0.29) is 5.91 Å². The maximum absolute atomic E-state index is 11.6. The molecule has 0 unspecified atom stereocenters. The summed E-state index contributed by atoms with van der Waals surface area (Å²) in [6.45, 7) is 9.65. The third-order valence-corrected chi connectivity index (χ3v) is 2.50. The van der Waals surface area contributed by atoms with Crippen LogP contribution in [0.2, 0.25) is 0 Å². The Bertz CT molecular complexity index is 352. The number of carbonyl (C=O) groups excluding carboxylic acids is 1. The fourth-order valence-corrected chi connectivity index (χ4v) is 1.51. The summed E-state index contributed by atoms with van der Waals surface area (Å²) in [5, 5.41) is 3.35. The van der Waals surface area contributed by atoms with E-state index in [0.29, 0.717) is 11.0 Å². The minimum atomic E-state index is -0.399. The molecule has 4 nitrogen and oxygen atoms in total. The van der Waals surface area contributed by atoms with Crippen LogP contribution in [-0.2, 0) is 4.79 Å². The summed E-state index contributed by atoms with van der Waals surface area (Å²) in [7, 11) is 0. The highest BCUT2D eigenvalue weighted by Crippen LogP contribution is 2.20. The van der Waals surface area contributed by atoms with E-state index in [0.717, 1.165) is 5.82 Å². The van der Waals surface area contributed by atoms with Gasteiger partial charge in [0.25, 0.3) is 0 Å². The summed E-state index contributed by atoms with van der Waals surface area (Å²) in [5.74, 6) is 1.04. The average Bonchev–Trinajstić information content (AvgIpc) is 2.50. The second-order valence-electron chi connectivity index (χ2n) is 4.82. The van der Waals surface area contributed by atoms with Crippen molar-refractivity contribution in [3.63, 3.8) is 0 Å². The zero-order chi connectivity index (χ0) is 11.6. The number of carbonyl (C=O) groups is 1. The predicted octanol–water partition coefficient (Wildman–Crippen LogP) is 2.65. The lowest BCUT2D eigenvalue weighted by molar-refractivity contribution is -0.123. The van der Waals surface area contributed by atoms with Crippen LogP contribution in [0.15, 0.2) is 0 Å². The Kier molecular flexibility index (Phi) is 3.44. The fraction of sp³-hybridized carbons (Fsp3) is 0.700. The number of nitrogens with zero attached hydrogens (tertiary/aromatic N) is 2. The maximum Gasteiger partial charge on any atom is 0.231 e. The van der Waals surface area contributed by atoms with Crippen LogP contribution in [0.1, 0.15) is 46.4 Å². The normalized spacial score (nSPS) is 11.9. The summed E-state index contributed by atoms with van der Waals surface area (Å²) >= 11 is 1.23. The molecule has 0 radical (unpaired) electrons. The molecular weight excluding hydrogens is 210 g/mol. The molecule has 0 bridgehead atoms. The topological polar surface area (TPSA) is 54.9 Å². The zero-order valence-corrected chi connectivity index (χ0v) is 10.6. The van der Waals surface area contributed by atoms with Gasteiger partial charge in [-0.1, -0.05) is 34.6 Å². The molecule has 1 heterocycles. The molecule has 0 atom stereocenters. The minimum absolute atomic E-state index is 0.0334. The first-order valence-electron chi connectivity index (χ1n) is 4.96. The molecule has 84 valence electrons. The lowest BCUT2D eigenvalue weighted by Gasteiger charge is -2.15. The van der Waals surface area contributed by atoms with Gasteiger partial charge in [0.05, 0.1) is 0 Å². The maximum atomic E-state index is 11.6. The average molecular weight is 227 g/mol. The highest BCUT2D eigenvalue weighted by molar-refractivity contribution is 7.09. The van der Waals surface area contributed by atoms with E-state index in [1.54, 1.807) is 0 Å². The number of amides is 1. The van der Waals surface area contributed by atoms with Gasteiger partial charge >= 0.3 is 0 Å². The lowest BCUT2D eigenvalue weighted by atomic mass is 9.96. The first kappa shape index (κ1) is 12.1. The van der Waals surface area contributed by atoms with Crippen molar-refractivity contribution in [1.29, 1.82) is 0 Å². The van der Waals surface area contributed by atoms with Crippen LogP contribution in [0, 0.1) is 5.41 Å². The van der Waals surface area contributed by atoms with E-state index in [4.69, 9.17) is 0 Å². The van der Waals surface area contributed by atoms with Gasteiger partial charge in [-0.15, -0.1) is 0 Å². The Morgan fingerprint density at radius 1 is 1.40 bits per heavy atom. The van der Waals surface area contributed by atoms with Gasteiger partial charge in [0.2, 0.25) is 11.0 Å². The quantitative estimate of drug-likeness (QED) is 0.845. The first-order chi connectivity index (χ1) is 6.80. The molecule has 5 heteroatoms. The second kappa shape index (κ2) is 4.26. The van der Waals surface area contributed by atoms with Crippen molar-refractivity contribution in [2.75, 3.05) is 5.32 Å². The molecule has 0 saturated carbocycles. The van der Waals surface area contributed by atoms with Crippen LogP contribution in [-0.4, -0.2) is 15.3 Å². The van der Waals surface area contributed by atoms with Crippen molar-refractivity contribution < 1.29 is 4.79 Å². The molecule has 0 fully saturated rings. The Balaban J connectivity index is 2.70. The van der Waals surface area contributed by atoms with Crippen LogP contribution in [0.5, 0.6) is 0 Å². The minimum Gasteiger partial charge on any atom is -0.300 e. The molecule has 0 saturated heterocycles. The summed E-state index contributed by atoms with van der Waals surface area (Å²) in [6, 6.07) is 0. The molecular formula is C10H17N3OS. The molecule has 0 aliphatic rings. The Labute approximate surface area is 94.3 Å². The number of hydrogen-bond acceptors (Lipinski definition) is 4. The third kappa shape index (κ3) is 3.27. The van der Waals surface area contributed by atoms with Gasteiger partial charge in [-0.3, -0.25) is 4.79 Å². The number of hydrogen-bond donors (Lipinski definition) is 1. The summed E-state index contributed by atoms with van der Waals surface area (Å²) < 4.78 is 4.17. The van der Waals surface area contributed by atoms with Gasteiger partial charge in [0.1, 0.15) is 5.82 Å². The largest absolute Gasteiger partial charge is 0.300 e. The van der Waals surface area contributed by atoms with Crippen molar-refractivity contribution in [1.82, 2.24) is 9.36 Å². The molecule has 1 amide bonds. The van der Waals surface area contributed by atoms with E-state index in [1.807, 2.05) is 34.6 Å². The van der Waals surface area contributed by atoms with Crippen LogP contribution >= 0.6 is 11.5 Å². The predicted molar refractivity (Wildman–Crippen MR) is 62.1 cm³/mol. The van der Waals surface area contributed by atoms with Gasteiger partial charge in [-0.25, -0.2) is 4.98 Å². The Morgan fingerprint density at radius 2 is 2.00 bits per heavy atom. The summed E-state index contributed by atoms with van der Waals surface area (Å²) in [5.41, 5.74) is -0.399. The Morgan fingerprint density at radius 3 is 2.40 bits per heavy atom. The smallest absolute Gasteiger partial charge is 0.231 e. The molecule has 1 aromatic heterocycles. The number of nitrogens with one attached hydrogen (secondary N) is 1. The van der Waals surface area contributed by atoms with Crippen LogP contribution in [0.4, 0.5) is 5.13 Å². The van der Waals surface area contributed by atoms with Gasteiger partial charge in [-0.2, -0.15) is 4.37 Å². The highest BCUT2D eigenvalue weighted by atomic mass is 32.1. The fourth-order valence-electron chi connectivity index (χ4n) is 0.805. The molecule has 0 aliphatic heterocycles. The molecule has 0 aromatic carbocycles. The molecule has 15 heavy (non-hydrogen) atoms. The molecule has 0 aliphatic carbocycles. The van der Waals surface area contributed by atoms with E-state index < -0.39 is 5.41 Å². The molecule has 0 spiro atoms. The van der Waals surface area contributed by atoms with Crippen LogP contribution in [0.3, 0.4) is 0 Å². The van der Waals surface area contributed by atoms with Gasteiger partial charge in [0, 0.05) is 22.9 Å². The van der Waals surface area contributed by atoms with Crippen LogP contribution in [0.25, 0.3) is 0 Å². The van der Waals surface area contributed by atoms with Gasteiger partial charge in [0.15, 0.2) is 0 Å². The molecule has 1 aromatic rings. The van der Waals surface area contributed by atoms with E-state index in [2.05, 4.69) is 14.7 Å². The van der Waals surface area contributed by atoms with Crippen LogP contribution < -0.4 is 5.32 Å². The lowest BCUT2D eigenvalue weighted by Crippen LogP contribution is -2.27. The highest BCUT2D eigenvalue weighted by Gasteiger charge is 2.22. The van der Waals surface area contributed by atoms with E-state index in [9.17, 15) is 4.79 Å². The number of aromatic nitrogens is 2. The van der Waals surface area contributed by atoms with Crippen molar-refractivity contribution >= 4 is 22.6 Å². The second-order valence-corrected chi connectivity index (χ2v) is 5.57.